The lowest BCUT2D eigenvalue weighted by Gasteiger charge is -2.09. The van der Waals surface area contributed by atoms with Crippen molar-refractivity contribution in [1.82, 2.24) is 4.98 Å². The quantitative estimate of drug-likeness (QED) is 0.405. The van der Waals surface area contributed by atoms with Crippen LogP contribution in [0.5, 0.6) is 5.75 Å². The van der Waals surface area contributed by atoms with Gasteiger partial charge in [0, 0.05) is 17.0 Å². The number of aromatic nitrogens is 1. The van der Waals surface area contributed by atoms with Crippen LogP contribution in [0.3, 0.4) is 0 Å². The smallest absolute Gasteiger partial charge is 0.311 e. The molecule has 0 aliphatic carbocycles. The van der Waals surface area contributed by atoms with Crippen LogP contribution in [0.15, 0.2) is 22.6 Å². The third-order valence-corrected chi connectivity index (χ3v) is 3.83. The van der Waals surface area contributed by atoms with Gasteiger partial charge < -0.3 is 9.47 Å². The first kappa shape index (κ1) is 19.8. The second-order valence-electron chi connectivity index (χ2n) is 5.15. The maximum atomic E-state index is 13.9. The molecule has 6 nitrogen and oxygen atoms in total. The van der Waals surface area contributed by atoms with Gasteiger partial charge in [-0.05, 0) is 19.4 Å². The van der Waals surface area contributed by atoms with Crippen molar-refractivity contribution in [2.75, 3.05) is 18.6 Å². The molecule has 0 atom stereocenters. The van der Waals surface area contributed by atoms with E-state index in [4.69, 9.17) is 9.47 Å². The van der Waals surface area contributed by atoms with E-state index in [0.717, 1.165) is 12.1 Å². The standard InChI is InChI=1S/C17H19F2N3O3S/c1-3-5-25-16-11(6-12(18)7-14(16)19)9-20-22-17-21-13(10-26-17)8-15(23)24-4-2/h6-7,9-10H,3-5,8H2,1-2H3,(H,21,22). The third-order valence-electron chi connectivity index (χ3n) is 3.03. The second-order valence-corrected chi connectivity index (χ2v) is 6.01. The molecule has 0 unspecified atom stereocenters. The third kappa shape index (κ3) is 5.76. The van der Waals surface area contributed by atoms with Crippen molar-refractivity contribution >= 4 is 28.7 Å². The molecular weight excluding hydrogens is 364 g/mol. The molecule has 0 spiro atoms. The van der Waals surface area contributed by atoms with Crippen molar-refractivity contribution in [3.63, 3.8) is 0 Å². The van der Waals surface area contributed by atoms with Crippen LogP contribution >= 0.6 is 11.3 Å². The molecule has 1 N–H and O–H groups in total. The second kappa shape index (κ2) is 9.81. The number of anilines is 1. The summed E-state index contributed by atoms with van der Waals surface area (Å²) in [6, 6.07) is 1.89. The summed E-state index contributed by atoms with van der Waals surface area (Å²) in [4.78, 5) is 15.6. The number of nitrogens with zero attached hydrogens (tertiary/aromatic N) is 2. The van der Waals surface area contributed by atoms with Gasteiger partial charge in [-0.25, -0.2) is 13.8 Å². The van der Waals surface area contributed by atoms with Gasteiger partial charge in [-0.3, -0.25) is 10.2 Å². The maximum absolute atomic E-state index is 13.9. The summed E-state index contributed by atoms with van der Waals surface area (Å²) in [6.07, 6.45) is 2.01. The highest BCUT2D eigenvalue weighted by Crippen LogP contribution is 2.23. The monoisotopic (exact) mass is 383 g/mol. The minimum atomic E-state index is -0.786. The molecule has 0 amide bonds. The highest BCUT2D eigenvalue weighted by atomic mass is 32.1. The maximum Gasteiger partial charge on any atom is 0.311 e. The average Bonchev–Trinajstić information content (AvgIpc) is 3.01. The van der Waals surface area contributed by atoms with E-state index < -0.39 is 11.6 Å². The Balaban J connectivity index is 2.04. The molecule has 1 aromatic heterocycles. The zero-order chi connectivity index (χ0) is 18.9. The van der Waals surface area contributed by atoms with Gasteiger partial charge in [0.05, 0.1) is 31.5 Å². The Morgan fingerprint density at radius 1 is 1.38 bits per heavy atom. The predicted octanol–water partition coefficient (Wildman–Crippen LogP) is 3.76. The molecule has 140 valence electrons. The van der Waals surface area contributed by atoms with E-state index >= 15 is 0 Å². The van der Waals surface area contributed by atoms with E-state index in [9.17, 15) is 13.6 Å². The lowest BCUT2D eigenvalue weighted by molar-refractivity contribution is -0.142. The number of carbonyl (C=O) groups excluding carboxylic acids is 1. The number of carbonyl (C=O) groups is 1. The largest absolute Gasteiger partial charge is 0.490 e. The molecule has 0 saturated carbocycles. The molecule has 0 aliphatic heterocycles. The molecule has 1 aromatic carbocycles. The Kier molecular flexibility index (Phi) is 7.46. The average molecular weight is 383 g/mol. The summed E-state index contributed by atoms with van der Waals surface area (Å²) < 4.78 is 37.5. The summed E-state index contributed by atoms with van der Waals surface area (Å²) >= 11 is 1.25. The van der Waals surface area contributed by atoms with Gasteiger partial charge in [0.1, 0.15) is 5.82 Å². The van der Waals surface area contributed by atoms with Crippen LogP contribution in [-0.4, -0.2) is 30.4 Å². The molecule has 2 rings (SSSR count). The van der Waals surface area contributed by atoms with E-state index in [1.807, 2.05) is 6.92 Å². The van der Waals surface area contributed by atoms with Gasteiger partial charge in [-0.2, -0.15) is 5.10 Å². The topological polar surface area (TPSA) is 72.8 Å². The van der Waals surface area contributed by atoms with Crippen LogP contribution in [-0.2, 0) is 16.0 Å². The van der Waals surface area contributed by atoms with Gasteiger partial charge in [0.2, 0.25) is 5.13 Å². The van der Waals surface area contributed by atoms with E-state index in [-0.39, 0.29) is 23.7 Å². The Morgan fingerprint density at radius 3 is 2.92 bits per heavy atom. The molecule has 0 bridgehead atoms. The van der Waals surface area contributed by atoms with E-state index in [1.165, 1.54) is 17.6 Å². The van der Waals surface area contributed by atoms with Gasteiger partial charge in [0.15, 0.2) is 11.6 Å². The van der Waals surface area contributed by atoms with Crippen molar-refractivity contribution in [3.8, 4) is 5.75 Å². The number of esters is 1. The highest BCUT2D eigenvalue weighted by Gasteiger charge is 2.12. The normalized spacial score (nSPS) is 10.9. The minimum absolute atomic E-state index is 0.0547. The molecule has 26 heavy (non-hydrogen) atoms. The summed E-state index contributed by atoms with van der Waals surface area (Å²) in [6.45, 7) is 4.23. The molecule has 1 heterocycles. The molecule has 0 saturated heterocycles. The van der Waals surface area contributed by atoms with Gasteiger partial charge >= 0.3 is 5.97 Å². The van der Waals surface area contributed by atoms with Crippen molar-refractivity contribution in [2.24, 2.45) is 5.10 Å². The van der Waals surface area contributed by atoms with Crippen LogP contribution in [0.1, 0.15) is 31.5 Å². The lowest BCUT2D eigenvalue weighted by atomic mass is 10.2. The predicted molar refractivity (Wildman–Crippen MR) is 95.8 cm³/mol. The number of hydrogen-bond acceptors (Lipinski definition) is 7. The SMILES string of the molecule is CCCOc1c(F)cc(F)cc1C=NNc1nc(CC(=O)OCC)cs1. The zero-order valence-electron chi connectivity index (χ0n) is 14.4. The molecule has 2 aromatic rings. The first-order valence-corrected chi connectivity index (χ1v) is 8.92. The first-order chi connectivity index (χ1) is 12.5. The Hall–Kier alpha value is -2.55. The number of benzene rings is 1. The van der Waals surface area contributed by atoms with Gasteiger partial charge in [0.25, 0.3) is 0 Å². The van der Waals surface area contributed by atoms with Crippen LogP contribution in [0.25, 0.3) is 0 Å². The fraction of sp³-hybridized carbons (Fsp3) is 0.353. The molecular formula is C17H19F2N3O3S. The summed E-state index contributed by atoms with van der Waals surface area (Å²) in [5.74, 6) is -1.92. The number of hydrazone groups is 1. The number of rotatable bonds is 9. The van der Waals surface area contributed by atoms with Crippen molar-refractivity contribution in [3.05, 3.63) is 40.4 Å². The van der Waals surface area contributed by atoms with Gasteiger partial charge in [-0.15, -0.1) is 11.3 Å². The number of thiazole rings is 1. The van der Waals surface area contributed by atoms with Crippen molar-refractivity contribution in [1.29, 1.82) is 0 Å². The first-order valence-electron chi connectivity index (χ1n) is 8.04. The van der Waals surface area contributed by atoms with Crippen molar-refractivity contribution in [2.45, 2.75) is 26.7 Å². The molecule has 0 aliphatic rings. The minimum Gasteiger partial charge on any atom is -0.490 e. The van der Waals surface area contributed by atoms with Gasteiger partial charge in [-0.1, -0.05) is 6.92 Å². The summed E-state index contributed by atoms with van der Waals surface area (Å²) in [5, 5.41) is 6.07. The highest BCUT2D eigenvalue weighted by molar-refractivity contribution is 7.13. The number of halogens is 2. The lowest BCUT2D eigenvalue weighted by Crippen LogP contribution is -2.07. The van der Waals surface area contributed by atoms with E-state index in [0.29, 0.717) is 30.5 Å². The fourth-order valence-electron chi connectivity index (χ4n) is 1.99. The number of hydrogen-bond donors (Lipinski definition) is 1. The fourth-order valence-corrected chi connectivity index (χ4v) is 2.65. The summed E-state index contributed by atoms with van der Waals surface area (Å²) in [7, 11) is 0. The van der Waals surface area contributed by atoms with Crippen LogP contribution in [0, 0.1) is 11.6 Å². The zero-order valence-corrected chi connectivity index (χ0v) is 15.2. The van der Waals surface area contributed by atoms with E-state index in [2.05, 4.69) is 15.5 Å². The Bertz CT molecular complexity index is 781. The molecule has 0 radical (unpaired) electrons. The Labute approximate surface area is 153 Å². The number of ether oxygens (including phenoxy) is 2. The van der Waals surface area contributed by atoms with Crippen molar-refractivity contribution < 1.29 is 23.0 Å². The van der Waals surface area contributed by atoms with E-state index in [1.54, 1.807) is 12.3 Å². The molecule has 9 heteroatoms. The van der Waals surface area contributed by atoms with Crippen LogP contribution < -0.4 is 10.2 Å². The number of nitrogens with one attached hydrogen (secondary N) is 1. The Morgan fingerprint density at radius 2 is 2.19 bits per heavy atom. The van der Waals surface area contributed by atoms with Crippen LogP contribution in [0.4, 0.5) is 13.9 Å². The summed E-state index contributed by atoms with van der Waals surface area (Å²) in [5.41, 5.74) is 3.39. The molecule has 0 fully saturated rings. The van der Waals surface area contributed by atoms with Crippen LogP contribution in [0.2, 0.25) is 0 Å².